The molecular weight excluding hydrogens is 134 g/mol. The minimum Gasteiger partial charge on any atom is -0.202 e. The van der Waals surface area contributed by atoms with Gasteiger partial charge in [0.05, 0.1) is 0 Å². The number of halogens is 2. The first-order valence-electron chi connectivity index (χ1n) is 3.77. The van der Waals surface area contributed by atoms with E-state index >= 15 is 0 Å². The quantitative estimate of drug-likeness (QED) is 0.458. The summed E-state index contributed by atoms with van der Waals surface area (Å²) in [6.45, 7) is 0. The van der Waals surface area contributed by atoms with E-state index in [-0.39, 0.29) is 12.3 Å². The Labute approximate surface area is 58.9 Å². The molecule has 0 heterocycles. The molecule has 0 aromatic heterocycles. The first-order valence-corrected chi connectivity index (χ1v) is 3.77. The Morgan fingerprint density at radius 3 is 3.00 bits per heavy atom. The van der Waals surface area contributed by atoms with Crippen molar-refractivity contribution >= 4 is 0 Å². The molecule has 0 radical (unpaired) electrons. The molecule has 0 spiro atoms. The van der Waals surface area contributed by atoms with Crippen LogP contribution in [0.5, 0.6) is 0 Å². The summed E-state index contributed by atoms with van der Waals surface area (Å²) >= 11 is 0. The van der Waals surface area contributed by atoms with Gasteiger partial charge in [0.15, 0.2) is 0 Å². The Bertz CT molecular complexity index is 182. The van der Waals surface area contributed by atoms with Gasteiger partial charge in [0.1, 0.15) is 0 Å². The van der Waals surface area contributed by atoms with Gasteiger partial charge in [0.25, 0.3) is 5.92 Å². The Hall–Kier alpha value is -0.400. The van der Waals surface area contributed by atoms with E-state index in [2.05, 4.69) is 0 Å². The van der Waals surface area contributed by atoms with Gasteiger partial charge in [-0.1, -0.05) is 5.57 Å². The van der Waals surface area contributed by atoms with Crippen LogP contribution in [0.3, 0.4) is 0 Å². The lowest BCUT2D eigenvalue weighted by atomic mass is 10.1. The molecule has 0 aliphatic heterocycles. The molecule has 0 aromatic carbocycles. The molecule has 56 valence electrons. The zero-order valence-electron chi connectivity index (χ0n) is 5.74. The molecule has 0 bridgehead atoms. The van der Waals surface area contributed by atoms with Gasteiger partial charge in [-0.05, 0) is 31.3 Å². The maximum atomic E-state index is 12.6. The second-order valence-corrected chi connectivity index (χ2v) is 3.27. The fourth-order valence-corrected chi connectivity index (χ4v) is 2.02. The maximum absolute atomic E-state index is 12.6. The predicted octanol–water partition coefficient (Wildman–Crippen LogP) is 2.75. The van der Waals surface area contributed by atoms with E-state index < -0.39 is 5.92 Å². The highest BCUT2D eigenvalue weighted by atomic mass is 19.3. The monoisotopic (exact) mass is 144 g/mol. The van der Waals surface area contributed by atoms with Crippen molar-refractivity contribution in [2.75, 3.05) is 0 Å². The van der Waals surface area contributed by atoms with Crippen LogP contribution < -0.4 is 0 Å². The predicted molar refractivity (Wildman–Crippen MR) is 35.0 cm³/mol. The van der Waals surface area contributed by atoms with Crippen molar-refractivity contribution in [2.24, 2.45) is 5.92 Å². The van der Waals surface area contributed by atoms with Crippen molar-refractivity contribution in [1.29, 1.82) is 0 Å². The normalized spacial score (nSPS) is 35.8. The Kier molecular flexibility index (Phi) is 1.14. The Balaban J connectivity index is 2.23. The molecule has 10 heavy (non-hydrogen) atoms. The highest BCUT2D eigenvalue weighted by Crippen LogP contribution is 2.45. The molecule has 1 unspecified atom stereocenters. The highest BCUT2D eigenvalue weighted by Gasteiger charge is 2.40. The maximum Gasteiger partial charge on any atom is 0.267 e. The van der Waals surface area contributed by atoms with E-state index in [1.54, 1.807) is 0 Å². The summed E-state index contributed by atoms with van der Waals surface area (Å²) in [6.07, 6.45) is 4.29. The summed E-state index contributed by atoms with van der Waals surface area (Å²) in [4.78, 5) is 0. The lowest BCUT2D eigenvalue weighted by Crippen LogP contribution is -2.09. The van der Waals surface area contributed by atoms with Gasteiger partial charge in [-0.3, -0.25) is 0 Å². The number of allylic oxidation sites excluding steroid dienone is 2. The van der Waals surface area contributed by atoms with Gasteiger partial charge >= 0.3 is 0 Å². The van der Waals surface area contributed by atoms with Gasteiger partial charge in [-0.15, -0.1) is 0 Å². The SMILES string of the molecule is FC1(F)C=C2CCCC2C1. The molecule has 1 fully saturated rings. The zero-order valence-corrected chi connectivity index (χ0v) is 5.74. The molecule has 1 saturated carbocycles. The highest BCUT2D eigenvalue weighted by molar-refractivity contribution is 5.22. The van der Waals surface area contributed by atoms with E-state index in [0.29, 0.717) is 0 Å². The van der Waals surface area contributed by atoms with Crippen molar-refractivity contribution in [1.82, 2.24) is 0 Å². The third kappa shape index (κ3) is 0.862. The molecule has 2 rings (SSSR count). The lowest BCUT2D eigenvalue weighted by molar-refractivity contribution is 0.0453. The molecule has 0 saturated heterocycles. The van der Waals surface area contributed by atoms with Crippen LogP contribution in [0.25, 0.3) is 0 Å². The second kappa shape index (κ2) is 1.80. The van der Waals surface area contributed by atoms with Crippen LogP contribution in [0.4, 0.5) is 8.78 Å². The van der Waals surface area contributed by atoms with Gasteiger partial charge in [-0.2, -0.15) is 0 Å². The molecule has 2 aliphatic rings. The van der Waals surface area contributed by atoms with Gasteiger partial charge in [-0.25, -0.2) is 8.78 Å². The van der Waals surface area contributed by atoms with Crippen LogP contribution in [-0.2, 0) is 0 Å². The molecule has 0 nitrogen and oxygen atoms in total. The average Bonchev–Trinajstić information content (AvgIpc) is 2.20. The minimum absolute atomic E-state index is 0.0856. The van der Waals surface area contributed by atoms with Crippen LogP contribution >= 0.6 is 0 Å². The summed E-state index contributed by atoms with van der Waals surface area (Å²) in [5.74, 6) is -2.24. The zero-order chi connectivity index (χ0) is 7.19. The summed E-state index contributed by atoms with van der Waals surface area (Å²) in [6, 6.07) is 0. The number of rotatable bonds is 0. The lowest BCUT2D eigenvalue weighted by Gasteiger charge is -2.07. The van der Waals surface area contributed by atoms with Crippen LogP contribution in [-0.4, -0.2) is 5.92 Å². The van der Waals surface area contributed by atoms with Crippen molar-refractivity contribution < 1.29 is 8.78 Å². The third-order valence-corrected chi connectivity index (χ3v) is 2.46. The third-order valence-electron chi connectivity index (χ3n) is 2.46. The van der Waals surface area contributed by atoms with Crippen molar-refractivity contribution in [2.45, 2.75) is 31.6 Å². The Morgan fingerprint density at radius 1 is 1.50 bits per heavy atom. The van der Waals surface area contributed by atoms with E-state index in [1.165, 1.54) is 6.08 Å². The molecule has 2 aliphatic carbocycles. The Morgan fingerprint density at radius 2 is 2.30 bits per heavy atom. The van der Waals surface area contributed by atoms with E-state index in [9.17, 15) is 8.78 Å². The number of fused-ring (bicyclic) bond motifs is 1. The van der Waals surface area contributed by atoms with Crippen LogP contribution in [0.2, 0.25) is 0 Å². The molecule has 0 N–H and O–H groups in total. The van der Waals surface area contributed by atoms with Gasteiger partial charge in [0.2, 0.25) is 0 Å². The van der Waals surface area contributed by atoms with E-state index in [1.807, 2.05) is 0 Å². The first-order chi connectivity index (χ1) is 4.67. The molecule has 0 amide bonds. The fraction of sp³-hybridized carbons (Fsp3) is 0.750. The van der Waals surface area contributed by atoms with Crippen molar-refractivity contribution in [3.05, 3.63) is 11.6 Å². The summed E-state index contributed by atoms with van der Waals surface area (Å²) in [5.41, 5.74) is 1.02. The topological polar surface area (TPSA) is 0 Å². The number of hydrogen-bond donors (Lipinski definition) is 0. The van der Waals surface area contributed by atoms with E-state index in [4.69, 9.17) is 0 Å². The molecular formula is C8H10F2. The smallest absolute Gasteiger partial charge is 0.202 e. The molecule has 0 aromatic rings. The fourth-order valence-electron chi connectivity index (χ4n) is 2.02. The van der Waals surface area contributed by atoms with Crippen LogP contribution in [0.15, 0.2) is 11.6 Å². The summed E-state index contributed by atoms with van der Waals surface area (Å²) < 4.78 is 25.2. The largest absolute Gasteiger partial charge is 0.267 e. The second-order valence-electron chi connectivity index (χ2n) is 3.27. The number of alkyl halides is 2. The van der Waals surface area contributed by atoms with E-state index in [0.717, 1.165) is 24.8 Å². The number of hydrogen-bond acceptors (Lipinski definition) is 0. The molecule has 1 atom stereocenters. The average molecular weight is 144 g/mol. The van der Waals surface area contributed by atoms with Crippen molar-refractivity contribution in [3.8, 4) is 0 Å². The first kappa shape index (κ1) is 6.32. The summed E-state index contributed by atoms with van der Waals surface area (Å²) in [5, 5.41) is 0. The molecule has 2 heteroatoms. The van der Waals surface area contributed by atoms with Crippen LogP contribution in [0.1, 0.15) is 25.7 Å². The minimum atomic E-state index is -2.47. The van der Waals surface area contributed by atoms with Gasteiger partial charge < -0.3 is 0 Å². The van der Waals surface area contributed by atoms with Gasteiger partial charge in [0, 0.05) is 6.42 Å². The standard InChI is InChI=1S/C8H10F2/c9-8(10)4-6-2-1-3-7(6)5-8/h4,7H,1-3,5H2. The van der Waals surface area contributed by atoms with Crippen LogP contribution in [0, 0.1) is 5.92 Å². The summed E-state index contributed by atoms with van der Waals surface area (Å²) in [7, 11) is 0. The van der Waals surface area contributed by atoms with Crippen molar-refractivity contribution in [3.63, 3.8) is 0 Å².